The van der Waals surface area contributed by atoms with Crippen molar-refractivity contribution in [2.45, 2.75) is 43.5 Å². The summed E-state index contributed by atoms with van der Waals surface area (Å²) in [5, 5.41) is 47.9. The Morgan fingerprint density at radius 2 is 1.65 bits per heavy atom. The first kappa shape index (κ1) is 22.5. The number of hydrogen-bond acceptors (Lipinski definition) is 9. The lowest BCUT2D eigenvalue weighted by Crippen LogP contribution is -2.60. The van der Waals surface area contributed by atoms with E-state index in [-0.39, 0.29) is 5.75 Å². The highest BCUT2D eigenvalue weighted by molar-refractivity contribution is 5.78. The lowest BCUT2D eigenvalue weighted by atomic mass is 9.98. The van der Waals surface area contributed by atoms with Gasteiger partial charge in [0.1, 0.15) is 35.6 Å². The van der Waals surface area contributed by atoms with Crippen molar-refractivity contribution < 1.29 is 49.3 Å². The molecule has 31 heavy (non-hydrogen) atoms. The number of carbonyl (C=O) groups is 2. The van der Waals surface area contributed by atoms with Gasteiger partial charge in [0.25, 0.3) is 0 Å². The Kier molecular flexibility index (Phi) is 6.76. The molecule has 1 aliphatic heterocycles. The van der Waals surface area contributed by atoms with Crippen molar-refractivity contribution >= 4 is 11.9 Å². The number of esters is 1. The number of rotatable bonds is 6. The number of hydrogen-bond donors (Lipinski definition) is 5. The molecule has 2 aromatic carbocycles. The third kappa shape index (κ3) is 5.12. The summed E-state index contributed by atoms with van der Waals surface area (Å²) < 4.78 is 15.7. The predicted octanol–water partition coefficient (Wildman–Crippen LogP) is 0.723. The van der Waals surface area contributed by atoms with Crippen LogP contribution in [-0.4, -0.2) is 68.2 Å². The van der Waals surface area contributed by atoms with Crippen LogP contribution in [0.25, 0.3) is 0 Å². The number of aliphatic hydroxyl groups excluding tert-OH is 3. The van der Waals surface area contributed by atoms with E-state index in [4.69, 9.17) is 19.3 Å². The van der Waals surface area contributed by atoms with Crippen LogP contribution < -0.4 is 4.74 Å². The first-order valence-corrected chi connectivity index (χ1v) is 9.37. The molecule has 1 heterocycles. The molecule has 1 saturated heterocycles. The van der Waals surface area contributed by atoms with Crippen molar-refractivity contribution in [3.05, 3.63) is 54.1 Å². The van der Waals surface area contributed by atoms with Crippen LogP contribution in [0.3, 0.4) is 0 Å². The van der Waals surface area contributed by atoms with Crippen molar-refractivity contribution in [1.82, 2.24) is 0 Å². The van der Waals surface area contributed by atoms with E-state index in [1.54, 1.807) is 36.4 Å². The van der Waals surface area contributed by atoms with Crippen molar-refractivity contribution in [2.24, 2.45) is 0 Å². The van der Waals surface area contributed by atoms with Crippen LogP contribution in [0.1, 0.15) is 18.4 Å². The van der Waals surface area contributed by atoms with Gasteiger partial charge in [-0.1, -0.05) is 12.1 Å². The highest BCUT2D eigenvalue weighted by atomic mass is 16.7. The molecule has 10 nitrogen and oxygen atoms in total. The Balaban J connectivity index is 1.69. The molecule has 0 radical (unpaired) electrons. The molecule has 0 saturated carbocycles. The zero-order valence-corrected chi connectivity index (χ0v) is 16.4. The van der Waals surface area contributed by atoms with E-state index >= 15 is 0 Å². The fraction of sp³-hybridized carbons (Fsp3) is 0.333. The third-order valence-electron chi connectivity index (χ3n) is 4.83. The Morgan fingerprint density at radius 3 is 2.29 bits per heavy atom. The van der Waals surface area contributed by atoms with Crippen LogP contribution in [0.2, 0.25) is 0 Å². The number of benzene rings is 2. The summed E-state index contributed by atoms with van der Waals surface area (Å²) in [5.74, 6) is -2.30. The second-order valence-electron chi connectivity index (χ2n) is 7.06. The molecule has 2 aromatic rings. The standard InChI is InChI=1S/C21H22O10/c1-10(11-3-2-4-14(9-11)29-13-7-5-12(22)6-8-13)20(28)31-21-17(25)15(23)16(24)18(30-21)19(26)27/h2-10,15-18,21-25H,1H3,(H,26,27)/t10?,15-,16-,17+,18-,21?/m0/s1. The van der Waals surface area contributed by atoms with Crippen molar-refractivity contribution in [3.63, 3.8) is 0 Å². The maximum absolute atomic E-state index is 12.6. The maximum atomic E-state index is 12.6. The fourth-order valence-electron chi connectivity index (χ4n) is 3.00. The summed E-state index contributed by atoms with van der Waals surface area (Å²) in [6.45, 7) is 1.52. The SMILES string of the molecule is CC(C(=O)OC1O[C@H](C(=O)O)[C@@H](O)[C@H](O)[C@H]1O)c1cccc(Oc2ccc(O)cc2)c1. The Bertz CT molecular complexity index is 928. The second-order valence-corrected chi connectivity index (χ2v) is 7.06. The Labute approximate surface area is 176 Å². The topological polar surface area (TPSA) is 163 Å². The Hall–Kier alpha value is -3.18. The number of phenolic OH excluding ortho intramolecular Hbond substituents is 1. The summed E-state index contributed by atoms with van der Waals surface area (Å²) >= 11 is 0. The molecule has 0 aromatic heterocycles. The van der Waals surface area contributed by atoms with Crippen molar-refractivity contribution in [1.29, 1.82) is 0 Å². The molecule has 3 rings (SSSR count). The second kappa shape index (κ2) is 9.31. The quantitative estimate of drug-likeness (QED) is 0.409. The zero-order chi connectivity index (χ0) is 22.7. The summed E-state index contributed by atoms with van der Waals surface area (Å²) in [6, 6.07) is 12.6. The molecule has 0 bridgehead atoms. The first-order chi connectivity index (χ1) is 14.7. The molecule has 0 aliphatic carbocycles. The summed E-state index contributed by atoms with van der Waals surface area (Å²) in [6.07, 6.45) is -9.22. The van der Waals surface area contributed by atoms with Gasteiger partial charge < -0.3 is 39.7 Å². The van der Waals surface area contributed by atoms with Crippen molar-refractivity contribution in [2.75, 3.05) is 0 Å². The number of phenols is 1. The van der Waals surface area contributed by atoms with E-state index in [2.05, 4.69) is 0 Å². The van der Waals surface area contributed by atoms with Crippen LogP contribution >= 0.6 is 0 Å². The third-order valence-corrected chi connectivity index (χ3v) is 4.83. The normalized spacial score (nSPS) is 26.6. The minimum absolute atomic E-state index is 0.0901. The number of carboxylic acids is 1. The molecular formula is C21H22O10. The molecule has 2 unspecified atom stereocenters. The molecule has 0 spiro atoms. The van der Waals surface area contributed by atoms with Gasteiger partial charge in [0, 0.05) is 0 Å². The molecule has 1 fully saturated rings. The lowest BCUT2D eigenvalue weighted by Gasteiger charge is -2.38. The summed E-state index contributed by atoms with van der Waals surface area (Å²) in [5.41, 5.74) is 0.502. The van der Waals surface area contributed by atoms with Crippen LogP contribution in [0, 0.1) is 0 Å². The van der Waals surface area contributed by atoms with Gasteiger partial charge in [-0.05, 0) is 48.9 Å². The monoisotopic (exact) mass is 434 g/mol. The van der Waals surface area contributed by atoms with Gasteiger partial charge in [-0.3, -0.25) is 4.79 Å². The van der Waals surface area contributed by atoms with E-state index in [9.17, 15) is 30.0 Å². The average molecular weight is 434 g/mol. The fourth-order valence-corrected chi connectivity index (χ4v) is 3.00. The van der Waals surface area contributed by atoms with Gasteiger partial charge in [0.15, 0.2) is 6.10 Å². The number of aromatic hydroxyl groups is 1. The number of aliphatic hydroxyl groups is 3. The van der Waals surface area contributed by atoms with E-state index in [1.807, 2.05) is 0 Å². The number of carboxylic acid groups (broad SMARTS) is 1. The van der Waals surface area contributed by atoms with E-state index in [0.29, 0.717) is 17.1 Å². The lowest BCUT2D eigenvalue weighted by molar-refractivity contribution is -0.286. The minimum atomic E-state index is -1.88. The molecule has 6 atom stereocenters. The Morgan fingerprint density at radius 1 is 0.968 bits per heavy atom. The number of ether oxygens (including phenoxy) is 3. The summed E-state index contributed by atoms with van der Waals surface area (Å²) in [7, 11) is 0. The van der Waals surface area contributed by atoms with Gasteiger partial charge in [0.05, 0.1) is 5.92 Å². The van der Waals surface area contributed by atoms with Crippen LogP contribution in [0.15, 0.2) is 48.5 Å². The first-order valence-electron chi connectivity index (χ1n) is 9.37. The van der Waals surface area contributed by atoms with E-state index in [1.165, 1.54) is 19.1 Å². The average Bonchev–Trinajstić information content (AvgIpc) is 2.75. The van der Waals surface area contributed by atoms with E-state index in [0.717, 1.165) is 0 Å². The largest absolute Gasteiger partial charge is 0.508 e. The van der Waals surface area contributed by atoms with Crippen LogP contribution in [0.4, 0.5) is 0 Å². The smallest absolute Gasteiger partial charge is 0.335 e. The van der Waals surface area contributed by atoms with Crippen LogP contribution in [0.5, 0.6) is 17.2 Å². The highest BCUT2D eigenvalue weighted by Crippen LogP contribution is 2.29. The molecule has 0 amide bonds. The van der Waals surface area contributed by atoms with Crippen LogP contribution in [-0.2, 0) is 19.1 Å². The van der Waals surface area contributed by atoms with Gasteiger partial charge in [-0.15, -0.1) is 0 Å². The molecule has 166 valence electrons. The van der Waals surface area contributed by atoms with Gasteiger partial charge in [-0.2, -0.15) is 0 Å². The zero-order valence-electron chi connectivity index (χ0n) is 16.4. The predicted molar refractivity (Wildman–Crippen MR) is 103 cm³/mol. The van der Waals surface area contributed by atoms with E-state index < -0.39 is 48.6 Å². The minimum Gasteiger partial charge on any atom is -0.508 e. The molecule has 10 heteroatoms. The van der Waals surface area contributed by atoms with Gasteiger partial charge in [-0.25, -0.2) is 4.79 Å². The molecular weight excluding hydrogens is 412 g/mol. The van der Waals surface area contributed by atoms with Crippen molar-refractivity contribution in [3.8, 4) is 17.2 Å². The summed E-state index contributed by atoms with van der Waals surface area (Å²) in [4.78, 5) is 23.7. The molecule has 5 N–H and O–H groups in total. The van der Waals surface area contributed by atoms with Gasteiger partial charge >= 0.3 is 11.9 Å². The number of carbonyl (C=O) groups excluding carboxylic acids is 1. The maximum Gasteiger partial charge on any atom is 0.335 e. The molecule has 1 aliphatic rings. The van der Waals surface area contributed by atoms with Gasteiger partial charge in [0.2, 0.25) is 6.29 Å². The number of aliphatic carboxylic acids is 1. The highest BCUT2D eigenvalue weighted by Gasteiger charge is 2.48.